The topological polar surface area (TPSA) is 55.5 Å². The van der Waals surface area contributed by atoms with Gasteiger partial charge in [0.05, 0.1) is 23.8 Å². The maximum atomic E-state index is 13.6. The van der Waals surface area contributed by atoms with E-state index in [1.807, 2.05) is 0 Å². The molecule has 0 fully saturated rings. The first kappa shape index (κ1) is 16.4. The molecule has 3 N–H and O–H groups in total. The predicted molar refractivity (Wildman–Crippen MR) is 68.4 cm³/mol. The first-order chi connectivity index (χ1) is 7.47. The second-order valence-corrected chi connectivity index (χ2v) is 3.92. The standard InChI is InChI=1S/C11H15ClFNO2.ClH/c1-3-16-11-8(12)4-7(5-9(11)13)10(14)6(2)15;/h4-6,10,15H,3,14H2,1-2H3;1H/t6-,10-;/m0./s1. The molecule has 0 aliphatic carbocycles. The molecule has 0 bridgehead atoms. The van der Waals surface area contributed by atoms with Gasteiger partial charge >= 0.3 is 0 Å². The number of hydrogen-bond acceptors (Lipinski definition) is 3. The van der Waals surface area contributed by atoms with Crippen molar-refractivity contribution >= 4 is 24.0 Å². The number of halogens is 3. The predicted octanol–water partition coefficient (Wildman–Crippen LogP) is 2.68. The van der Waals surface area contributed by atoms with Gasteiger partial charge in [0.2, 0.25) is 0 Å². The van der Waals surface area contributed by atoms with E-state index >= 15 is 0 Å². The zero-order valence-electron chi connectivity index (χ0n) is 9.61. The lowest BCUT2D eigenvalue weighted by molar-refractivity contribution is 0.164. The summed E-state index contributed by atoms with van der Waals surface area (Å²) in [4.78, 5) is 0. The molecule has 0 aliphatic heterocycles. The number of aliphatic hydroxyl groups excluding tert-OH is 1. The molecule has 0 saturated heterocycles. The second kappa shape index (κ2) is 7.01. The maximum absolute atomic E-state index is 13.6. The second-order valence-electron chi connectivity index (χ2n) is 3.51. The van der Waals surface area contributed by atoms with Crippen LogP contribution in [0.3, 0.4) is 0 Å². The molecule has 2 atom stereocenters. The zero-order valence-corrected chi connectivity index (χ0v) is 11.2. The summed E-state index contributed by atoms with van der Waals surface area (Å²) in [6.07, 6.45) is -0.770. The Labute approximate surface area is 111 Å². The van der Waals surface area contributed by atoms with Gasteiger partial charge in [-0.3, -0.25) is 0 Å². The fourth-order valence-electron chi connectivity index (χ4n) is 1.33. The summed E-state index contributed by atoms with van der Waals surface area (Å²) in [5.74, 6) is -0.550. The van der Waals surface area contributed by atoms with Crippen molar-refractivity contribution in [2.45, 2.75) is 26.0 Å². The summed E-state index contributed by atoms with van der Waals surface area (Å²) in [6, 6.07) is 2.07. The number of benzene rings is 1. The highest BCUT2D eigenvalue weighted by molar-refractivity contribution is 6.32. The van der Waals surface area contributed by atoms with E-state index in [1.165, 1.54) is 19.1 Å². The van der Waals surface area contributed by atoms with Crippen molar-refractivity contribution < 1.29 is 14.2 Å². The molecule has 1 aromatic carbocycles. The van der Waals surface area contributed by atoms with Gasteiger partial charge in [0, 0.05) is 0 Å². The lowest BCUT2D eigenvalue weighted by Gasteiger charge is -2.17. The number of aliphatic hydroxyl groups is 1. The molecular weight excluding hydrogens is 268 g/mol. The Bertz CT molecular complexity index is 351. The summed E-state index contributed by atoms with van der Waals surface area (Å²) in [5.41, 5.74) is 6.13. The van der Waals surface area contributed by atoms with Crippen LogP contribution in [0.25, 0.3) is 0 Å². The number of rotatable bonds is 4. The van der Waals surface area contributed by atoms with Gasteiger partial charge in [-0.2, -0.15) is 0 Å². The smallest absolute Gasteiger partial charge is 0.173 e. The summed E-state index contributed by atoms with van der Waals surface area (Å²) in [5, 5.41) is 9.47. The van der Waals surface area contributed by atoms with Crippen molar-refractivity contribution in [2.75, 3.05) is 6.61 Å². The summed E-state index contributed by atoms with van der Waals surface area (Å²) in [6.45, 7) is 3.61. The van der Waals surface area contributed by atoms with Crippen LogP contribution in [0.2, 0.25) is 5.02 Å². The Hall–Kier alpha value is -0.550. The quantitative estimate of drug-likeness (QED) is 0.893. The zero-order chi connectivity index (χ0) is 12.3. The number of hydrogen-bond donors (Lipinski definition) is 2. The van der Waals surface area contributed by atoms with E-state index in [4.69, 9.17) is 22.1 Å². The highest BCUT2D eigenvalue weighted by Crippen LogP contribution is 2.31. The van der Waals surface area contributed by atoms with Gasteiger partial charge in [0.1, 0.15) is 0 Å². The van der Waals surface area contributed by atoms with E-state index in [-0.39, 0.29) is 23.2 Å². The highest BCUT2D eigenvalue weighted by Gasteiger charge is 2.17. The molecule has 1 rings (SSSR count). The van der Waals surface area contributed by atoms with Crippen molar-refractivity contribution in [1.29, 1.82) is 0 Å². The van der Waals surface area contributed by atoms with Gasteiger partial charge in [0.25, 0.3) is 0 Å². The average molecular weight is 284 g/mol. The molecule has 0 aliphatic rings. The molecule has 0 radical (unpaired) electrons. The molecule has 0 amide bonds. The molecule has 0 saturated carbocycles. The van der Waals surface area contributed by atoms with Crippen LogP contribution in [0.15, 0.2) is 12.1 Å². The van der Waals surface area contributed by atoms with Gasteiger partial charge in [-0.15, -0.1) is 12.4 Å². The fourth-order valence-corrected chi connectivity index (χ4v) is 1.60. The Morgan fingerprint density at radius 1 is 1.53 bits per heavy atom. The number of ether oxygens (including phenoxy) is 1. The molecule has 0 aromatic heterocycles. The molecular formula is C11H16Cl2FNO2. The molecule has 17 heavy (non-hydrogen) atoms. The summed E-state index contributed by atoms with van der Waals surface area (Å²) < 4.78 is 18.6. The maximum Gasteiger partial charge on any atom is 0.173 e. The van der Waals surface area contributed by atoms with Gasteiger partial charge in [-0.1, -0.05) is 11.6 Å². The Kier molecular flexibility index (Phi) is 6.78. The lowest BCUT2D eigenvalue weighted by Crippen LogP contribution is -2.23. The minimum Gasteiger partial charge on any atom is -0.489 e. The van der Waals surface area contributed by atoms with Crippen LogP contribution < -0.4 is 10.5 Å². The first-order valence-electron chi connectivity index (χ1n) is 5.02. The van der Waals surface area contributed by atoms with E-state index in [0.29, 0.717) is 12.2 Å². The van der Waals surface area contributed by atoms with Crippen molar-refractivity contribution in [1.82, 2.24) is 0 Å². The van der Waals surface area contributed by atoms with Gasteiger partial charge in [0.15, 0.2) is 11.6 Å². The highest BCUT2D eigenvalue weighted by atomic mass is 35.5. The normalized spacial score (nSPS) is 13.8. The van der Waals surface area contributed by atoms with Crippen molar-refractivity contribution in [3.63, 3.8) is 0 Å². The Morgan fingerprint density at radius 2 is 2.12 bits per heavy atom. The van der Waals surface area contributed by atoms with Crippen LogP contribution in [0.1, 0.15) is 25.5 Å². The third kappa shape index (κ3) is 4.00. The van der Waals surface area contributed by atoms with Crippen molar-refractivity contribution in [3.05, 3.63) is 28.5 Å². The minimum absolute atomic E-state index is 0. The summed E-state index contributed by atoms with van der Waals surface area (Å²) in [7, 11) is 0. The molecule has 98 valence electrons. The van der Waals surface area contributed by atoms with E-state index in [1.54, 1.807) is 6.92 Å². The third-order valence-electron chi connectivity index (χ3n) is 2.21. The Morgan fingerprint density at radius 3 is 2.53 bits per heavy atom. The average Bonchev–Trinajstić information content (AvgIpc) is 2.21. The molecule has 6 heteroatoms. The van der Waals surface area contributed by atoms with Gasteiger partial charge in [-0.05, 0) is 31.5 Å². The first-order valence-corrected chi connectivity index (χ1v) is 5.40. The van der Waals surface area contributed by atoms with Crippen LogP contribution in [0.4, 0.5) is 4.39 Å². The van der Waals surface area contributed by atoms with Crippen LogP contribution in [-0.2, 0) is 0 Å². The minimum atomic E-state index is -0.770. The van der Waals surface area contributed by atoms with Gasteiger partial charge in [-0.25, -0.2) is 4.39 Å². The lowest BCUT2D eigenvalue weighted by atomic mass is 10.0. The monoisotopic (exact) mass is 283 g/mol. The fraction of sp³-hybridized carbons (Fsp3) is 0.455. The Balaban J connectivity index is 0.00000256. The van der Waals surface area contributed by atoms with Gasteiger partial charge < -0.3 is 15.6 Å². The van der Waals surface area contributed by atoms with E-state index in [2.05, 4.69) is 0 Å². The third-order valence-corrected chi connectivity index (χ3v) is 2.49. The van der Waals surface area contributed by atoms with E-state index in [9.17, 15) is 9.50 Å². The van der Waals surface area contributed by atoms with Crippen LogP contribution in [0.5, 0.6) is 5.75 Å². The van der Waals surface area contributed by atoms with Crippen molar-refractivity contribution in [2.24, 2.45) is 5.73 Å². The van der Waals surface area contributed by atoms with Crippen LogP contribution in [-0.4, -0.2) is 17.8 Å². The van der Waals surface area contributed by atoms with E-state index < -0.39 is 18.0 Å². The molecule has 1 aromatic rings. The molecule has 0 heterocycles. The van der Waals surface area contributed by atoms with E-state index in [0.717, 1.165) is 0 Å². The largest absolute Gasteiger partial charge is 0.489 e. The molecule has 0 unspecified atom stereocenters. The van der Waals surface area contributed by atoms with Crippen molar-refractivity contribution in [3.8, 4) is 5.75 Å². The summed E-state index contributed by atoms with van der Waals surface area (Å²) >= 11 is 5.86. The molecule has 3 nitrogen and oxygen atoms in total. The molecule has 0 spiro atoms. The SMILES string of the molecule is CCOc1c(F)cc([C@@H](N)[C@H](C)O)cc1Cl.Cl. The van der Waals surface area contributed by atoms with Crippen LogP contribution in [0, 0.1) is 5.82 Å². The van der Waals surface area contributed by atoms with Crippen LogP contribution >= 0.6 is 24.0 Å². The number of nitrogens with two attached hydrogens (primary N) is 1.